The first-order chi connectivity index (χ1) is 9.58. The zero-order valence-electron chi connectivity index (χ0n) is 11.7. The predicted octanol–water partition coefficient (Wildman–Crippen LogP) is 1.85. The maximum absolute atomic E-state index is 12.6. The van der Waals surface area contributed by atoms with E-state index in [0.717, 1.165) is 18.8 Å². The third-order valence-electron chi connectivity index (χ3n) is 3.43. The van der Waals surface area contributed by atoms with Crippen molar-refractivity contribution in [2.24, 2.45) is 0 Å². The molecule has 20 heavy (non-hydrogen) atoms. The van der Waals surface area contributed by atoms with Crippen LogP contribution in [0, 0.1) is 0 Å². The fourth-order valence-corrected chi connectivity index (χ4v) is 2.52. The van der Waals surface area contributed by atoms with Crippen LogP contribution in [0.5, 0.6) is 0 Å². The first-order valence-corrected chi connectivity index (χ1v) is 6.98. The Morgan fingerprint density at radius 1 is 1.70 bits per heavy atom. The second-order valence-electron chi connectivity index (χ2n) is 4.76. The molecule has 2 rings (SSSR count). The quantitative estimate of drug-likeness (QED) is 0.893. The van der Waals surface area contributed by atoms with Crippen molar-refractivity contribution in [3.05, 3.63) is 29.1 Å². The topological polar surface area (TPSA) is 57.3 Å². The molecule has 1 saturated heterocycles. The minimum atomic E-state index is -0.130. The second kappa shape index (κ2) is 6.24. The molecule has 1 aliphatic rings. The number of piperazine rings is 1. The summed E-state index contributed by atoms with van der Waals surface area (Å²) in [5.74, 6) is -0.130. The van der Waals surface area contributed by atoms with Crippen molar-refractivity contribution in [3.63, 3.8) is 0 Å². The average molecular weight is 295 g/mol. The van der Waals surface area contributed by atoms with Crippen LogP contribution in [-0.2, 0) is 0 Å². The molecule has 2 N–H and O–H groups in total. The third kappa shape index (κ3) is 2.78. The Morgan fingerprint density at radius 2 is 2.45 bits per heavy atom. The Balaban J connectivity index is 2.36. The van der Waals surface area contributed by atoms with E-state index < -0.39 is 0 Å². The van der Waals surface area contributed by atoms with E-state index in [0.29, 0.717) is 17.3 Å². The summed E-state index contributed by atoms with van der Waals surface area (Å²) in [5.41, 5.74) is 1.67. The lowest BCUT2D eigenvalue weighted by molar-refractivity contribution is 0.0650. The summed E-state index contributed by atoms with van der Waals surface area (Å²) in [6, 6.07) is 1.84. The summed E-state index contributed by atoms with van der Waals surface area (Å²) < 4.78 is 0. The Hall–Kier alpha value is -1.59. The maximum Gasteiger partial charge on any atom is 0.274 e. The Morgan fingerprint density at radius 3 is 3.05 bits per heavy atom. The largest absolute Gasteiger partial charge is 0.386 e. The average Bonchev–Trinajstić information content (AvgIpc) is 2.46. The smallest absolute Gasteiger partial charge is 0.274 e. The second-order valence-corrected chi connectivity index (χ2v) is 5.16. The zero-order valence-corrected chi connectivity index (χ0v) is 12.5. The molecule has 0 saturated carbocycles. The zero-order chi connectivity index (χ0) is 14.7. The fraction of sp³-hybridized carbons (Fsp3) is 0.429. The molecule has 5 nitrogen and oxygen atoms in total. The van der Waals surface area contributed by atoms with Crippen molar-refractivity contribution in [2.45, 2.75) is 13.0 Å². The summed E-state index contributed by atoms with van der Waals surface area (Å²) in [4.78, 5) is 18.7. The number of nitrogens with one attached hydrogen (secondary N) is 2. The molecule has 1 aromatic rings. The van der Waals surface area contributed by atoms with Crippen LogP contribution in [0.15, 0.2) is 12.6 Å². The highest BCUT2D eigenvalue weighted by Crippen LogP contribution is 2.24. The molecular weight excluding hydrogens is 276 g/mol. The maximum atomic E-state index is 12.6. The van der Waals surface area contributed by atoms with Crippen molar-refractivity contribution < 1.29 is 4.79 Å². The first kappa shape index (κ1) is 14.8. The highest BCUT2D eigenvalue weighted by molar-refractivity contribution is 6.33. The van der Waals surface area contributed by atoms with Crippen LogP contribution >= 0.6 is 11.6 Å². The van der Waals surface area contributed by atoms with Crippen molar-refractivity contribution in [1.29, 1.82) is 0 Å². The number of halogens is 1. The van der Waals surface area contributed by atoms with Gasteiger partial charge < -0.3 is 15.5 Å². The van der Waals surface area contributed by atoms with Gasteiger partial charge in [0.25, 0.3) is 5.91 Å². The molecule has 1 unspecified atom stereocenters. The molecule has 1 aliphatic heterocycles. The number of anilines is 1. The molecule has 6 heteroatoms. The van der Waals surface area contributed by atoms with Crippen LogP contribution < -0.4 is 10.6 Å². The first-order valence-electron chi connectivity index (χ1n) is 6.61. The minimum absolute atomic E-state index is 0.130. The van der Waals surface area contributed by atoms with Gasteiger partial charge in [0.1, 0.15) is 5.69 Å². The molecule has 0 aliphatic carbocycles. The molecule has 1 amide bonds. The summed E-state index contributed by atoms with van der Waals surface area (Å²) in [6.07, 6.45) is 1.61. The molecule has 1 atom stereocenters. The normalized spacial score (nSPS) is 18.8. The van der Waals surface area contributed by atoms with Crippen LogP contribution in [0.3, 0.4) is 0 Å². The Labute approximate surface area is 124 Å². The number of hydrogen-bond donors (Lipinski definition) is 2. The van der Waals surface area contributed by atoms with Crippen LogP contribution in [0.2, 0.25) is 5.02 Å². The molecule has 1 aromatic heterocycles. The molecule has 108 valence electrons. The fourth-order valence-electron chi connectivity index (χ4n) is 2.29. The van der Waals surface area contributed by atoms with Crippen molar-refractivity contribution in [2.75, 3.05) is 32.0 Å². The molecule has 0 aromatic carbocycles. The minimum Gasteiger partial charge on any atom is -0.386 e. The van der Waals surface area contributed by atoms with Gasteiger partial charge in [-0.3, -0.25) is 4.79 Å². The van der Waals surface area contributed by atoms with E-state index in [1.807, 2.05) is 6.92 Å². The predicted molar refractivity (Wildman–Crippen MR) is 82.3 cm³/mol. The Kier molecular flexibility index (Phi) is 4.62. The van der Waals surface area contributed by atoms with Gasteiger partial charge in [-0.1, -0.05) is 18.2 Å². The monoisotopic (exact) mass is 294 g/mol. The van der Waals surface area contributed by atoms with E-state index in [-0.39, 0.29) is 17.6 Å². The summed E-state index contributed by atoms with van der Waals surface area (Å²) in [5, 5.41) is 6.60. The van der Waals surface area contributed by atoms with Crippen molar-refractivity contribution in [1.82, 2.24) is 15.2 Å². The van der Waals surface area contributed by atoms with Crippen LogP contribution in [0.4, 0.5) is 5.69 Å². The van der Waals surface area contributed by atoms with Gasteiger partial charge >= 0.3 is 0 Å². The lowest BCUT2D eigenvalue weighted by atomic mass is 10.1. The highest BCUT2D eigenvalue weighted by atomic mass is 35.5. The van der Waals surface area contributed by atoms with E-state index in [1.54, 1.807) is 24.1 Å². The number of rotatable bonds is 3. The van der Waals surface area contributed by atoms with Gasteiger partial charge in [0.05, 0.1) is 16.4 Å². The number of amides is 1. The number of hydrogen-bond acceptors (Lipinski definition) is 4. The molecule has 0 radical (unpaired) electrons. The number of aromatic nitrogens is 1. The number of pyridine rings is 1. The van der Waals surface area contributed by atoms with Crippen LogP contribution in [0.1, 0.15) is 23.1 Å². The van der Waals surface area contributed by atoms with Crippen LogP contribution in [-0.4, -0.2) is 48.5 Å². The van der Waals surface area contributed by atoms with Gasteiger partial charge in [-0.15, -0.1) is 0 Å². The molecule has 0 spiro atoms. The van der Waals surface area contributed by atoms with Gasteiger partial charge in [-0.2, -0.15) is 0 Å². The van der Waals surface area contributed by atoms with E-state index in [4.69, 9.17) is 11.6 Å². The van der Waals surface area contributed by atoms with Gasteiger partial charge in [-0.25, -0.2) is 4.98 Å². The van der Waals surface area contributed by atoms with E-state index in [2.05, 4.69) is 22.2 Å². The van der Waals surface area contributed by atoms with Crippen molar-refractivity contribution in [3.8, 4) is 0 Å². The summed E-state index contributed by atoms with van der Waals surface area (Å²) in [6.45, 7) is 7.96. The number of carbonyl (C=O) groups excluding carboxylic acids is 1. The third-order valence-corrected chi connectivity index (χ3v) is 3.72. The molecule has 2 heterocycles. The van der Waals surface area contributed by atoms with Crippen molar-refractivity contribution >= 4 is 29.3 Å². The van der Waals surface area contributed by atoms with Gasteiger partial charge in [-0.05, 0) is 19.1 Å². The standard InChI is InChI=1S/C14H19ClN4O/c1-4-11-12(16-3)7-10(15)13(18-11)14(20)19-6-5-17-8-9(19)2/h4,7,9,16-17H,1,5-6,8H2,2-3H3. The summed E-state index contributed by atoms with van der Waals surface area (Å²) in [7, 11) is 1.78. The van der Waals surface area contributed by atoms with Gasteiger partial charge in [0.2, 0.25) is 0 Å². The van der Waals surface area contributed by atoms with Gasteiger partial charge in [0.15, 0.2) is 0 Å². The van der Waals surface area contributed by atoms with E-state index >= 15 is 0 Å². The number of carbonyl (C=O) groups is 1. The number of nitrogens with zero attached hydrogens (tertiary/aromatic N) is 2. The Bertz CT molecular complexity index is 532. The molecular formula is C14H19ClN4O. The lowest BCUT2D eigenvalue weighted by Gasteiger charge is -2.34. The lowest BCUT2D eigenvalue weighted by Crippen LogP contribution is -2.52. The van der Waals surface area contributed by atoms with E-state index in [1.165, 1.54) is 0 Å². The van der Waals surface area contributed by atoms with E-state index in [9.17, 15) is 4.79 Å². The van der Waals surface area contributed by atoms with Gasteiger partial charge in [0, 0.05) is 32.7 Å². The summed E-state index contributed by atoms with van der Waals surface area (Å²) >= 11 is 6.20. The van der Waals surface area contributed by atoms with Crippen LogP contribution in [0.25, 0.3) is 6.08 Å². The molecule has 1 fully saturated rings. The highest BCUT2D eigenvalue weighted by Gasteiger charge is 2.27. The SMILES string of the molecule is C=Cc1nc(C(=O)N2CCNCC2C)c(Cl)cc1NC. The molecule has 0 bridgehead atoms.